The summed E-state index contributed by atoms with van der Waals surface area (Å²) in [5.74, 6) is 1.58. The van der Waals surface area contributed by atoms with E-state index in [1.807, 2.05) is 38.1 Å². The summed E-state index contributed by atoms with van der Waals surface area (Å²) >= 11 is 3.42. The van der Waals surface area contributed by atoms with Gasteiger partial charge in [0.15, 0.2) is 5.60 Å². The zero-order chi connectivity index (χ0) is 15.0. The molecule has 1 aliphatic carbocycles. The minimum absolute atomic E-state index is 0.0949. The van der Waals surface area contributed by atoms with E-state index in [0.29, 0.717) is 10.2 Å². The third-order valence-electron chi connectivity index (χ3n) is 4.01. The molecule has 0 saturated heterocycles. The van der Waals surface area contributed by atoms with Crippen molar-refractivity contribution in [2.75, 3.05) is 0 Å². The molecule has 0 aromatic heterocycles. The van der Waals surface area contributed by atoms with E-state index < -0.39 is 5.60 Å². The molecule has 2 aliphatic rings. The van der Waals surface area contributed by atoms with E-state index in [-0.39, 0.29) is 11.9 Å². The van der Waals surface area contributed by atoms with Crippen LogP contribution in [0.4, 0.5) is 0 Å². The van der Waals surface area contributed by atoms with Gasteiger partial charge in [-0.1, -0.05) is 0 Å². The van der Waals surface area contributed by atoms with Crippen molar-refractivity contribution in [2.45, 2.75) is 51.2 Å². The highest BCUT2D eigenvalue weighted by molar-refractivity contribution is 9.12. The largest absolute Gasteiger partial charge is 0.491 e. The molecule has 1 saturated carbocycles. The fourth-order valence-corrected chi connectivity index (χ4v) is 3.68. The number of hydrogen-bond acceptors (Lipinski definition) is 3. The second-order valence-electron chi connectivity index (χ2n) is 5.97. The summed E-state index contributed by atoms with van der Waals surface area (Å²) in [6.07, 6.45) is 3.90. The highest BCUT2D eigenvalue weighted by Crippen LogP contribution is 2.47. The molecule has 1 fully saturated rings. The molecule has 1 aromatic carbocycles. The normalized spacial score (nSPS) is 20.5. The monoisotopic (exact) mass is 350 g/mol. The Kier molecular flexibility index (Phi) is 3.82. The van der Waals surface area contributed by atoms with Crippen molar-refractivity contribution in [3.8, 4) is 5.75 Å². The van der Waals surface area contributed by atoms with Crippen LogP contribution < -0.4 is 4.74 Å². The number of benzene rings is 1. The van der Waals surface area contributed by atoms with E-state index in [1.165, 1.54) is 0 Å². The molecule has 1 spiro atoms. The van der Waals surface area contributed by atoms with Crippen LogP contribution in [-0.4, -0.2) is 17.5 Å². The Bertz CT molecular complexity index is 581. The van der Waals surface area contributed by atoms with Gasteiger partial charge in [-0.3, -0.25) is 4.79 Å². The summed E-state index contributed by atoms with van der Waals surface area (Å²) < 4.78 is 12.3. The van der Waals surface area contributed by atoms with Gasteiger partial charge in [0.2, 0.25) is 5.78 Å². The molecule has 1 aromatic rings. The Morgan fingerprint density at radius 2 is 1.81 bits per heavy atom. The maximum atomic E-state index is 12.5. The minimum atomic E-state index is -0.610. The van der Waals surface area contributed by atoms with Gasteiger partial charge in [-0.25, -0.2) is 0 Å². The van der Waals surface area contributed by atoms with Crippen molar-refractivity contribution in [1.82, 2.24) is 0 Å². The van der Waals surface area contributed by atoms with Gasteiger partial charge >= 0.3 is 0 Å². The van der Waals surface area contributed by atoms with Crippen molar-refractivity contribution in [1.29, 1.82) is 0 Å². The third-order valence-corrected chi connectivity index (χ3v) is 4.73. The van der Waals surface area contributed by atoms with Gasteiger partial charge < -0.3 is 9.47 Å². The van der Waals surface area contributed by atoms with Crippen molar-refractivity contribution >= 4 is 27.5 Å². The fraction of sp³-hybridized carbons (Fsp3) is 0.471. The van der Waals surface area contributed by atoms with Crippen molar-refractivity contribution in [2.24, 2.45) is 0 Å². The van der Waals surface area contributed by atoms with Crippen LogP contribution in [0.25, 0.3) is 5.76 Å². The van der Waals surface area contributed by atoms with Gasteiger partial charge in [-0.2, -0.15) is 0 Å². The Hall–Kier alpha value is -1.29. The summed E-state index contributed by atoms with van der Waals surface area (Å²) in [7, 11) is 0. The van der Waals surface area contributed by atoms with Crippen LogP contribution in [0.1, 0.15) is 45.1 Å². The predicted molar refractivity (Wildman–Crippen MR) is 85.3 cm³/mol. The quantitative estimate of drug-likeness (QED) is 0.807. The minimum Gasteiger partial charge on any atom is -0.491 e. The van der Waals surface area contributed by atoms with Gasteiger partial charge in [0.1, 0.15) is 16.0 Å². The highest BCUT2D eigenvalue weighted by Gasteiger charge is 2.50. The number of carbonyl (C=O) groups excluding carboxylic acids is 1. The topological polar surface area (TPSA) is 35.5 Å². The molecule has 0 unspecified atom stereocenters. The Balaban J connectivity index is 1.85. The van der Waals surface area contributed by atoms with Gasteiger partial charge in [-0.15, -0.1) is 0 Å². The first-order valence-electron chi connectivity index (χ1n) is 7.42. The van der Waals surface area contributed by atoms with Crippen LogP contribution in [0.3, 0.4) is 0 Å². The summed E-state index contributed by atoms with van der Waals surface area (Å²) in [6, 6.07) is 7.71. The van der Waals surface area contributed by atoms with E-state index >= 15 is 0 Å². The van der Waals surface area contributed by atoms with Crippen LogP contribution in [0.5, 0.6) is 5.75 Å². The maximum Gasteiger partial charge on any atom is 0.217 e. The molecule has 1 heterocycles. The number of Topliss-reactive ketones (excluding diaryl/α,β-unsaturated/α-hetero) is 1. The lowest BCUT2D eigenvalue weighted by Crippen LogP contribution is -2.33. The van der Waals surface area contributed by atoms with E-state index in [9.17, 15) is 4.79 Å². The second kappa shape index (κ2) is 5.48. The molecule has 0 N–H and O–H groups in total. The zero-order valence-corrected chi connectivity index (χ0v) is 13.9. The van der Waals surface area contributed by atoms with Crippen LogP contribution in [-0.2, 0) is 9.53 Å². The van der Waals surface area contributed by atoms with E-state index in [2.05, 4.69) is 15.9 Å². The van der Waals surface area contributed by atoms with Gasteiger partial charge in [0.25, 0.3) is 0 Å². The molecule has 0 bridgehead atoms. The summed E-state index contributed by atoms with van der Waals surface area (Å²) in [4.78, 5) is 12.5. The van der Waals surface area contributed by atoms with E-state index in [0.717, 1.165) is 37.0 Å². The van der Waals surface area contributed by atoms with Crippen LogP contribution in [0.2, 0.25) is 0 Å². The van der Waals surface area contributed by atoms with Crippen LogP contribution in [0, 0.1) is 0 Å². The maximum absolute atomic E-state index is 12.5. The molecule has 4 heteroatoms. The molecule has 112 valence electrons. The molecule has 0 radical (unpaired) electrons. The smallest absolute Gasteiger partial charge is 0.217 e. The fourth-order valence-electron chi connectivity index (χ4n) is 3.01. The SMILES string of the molecule is CC(C)Oc1ccc(C2=C(Br)C(=O)C3(CCCC3)O2)cc1. The Labute approximate surface area is 133 Å². The second-order valence-corrected chi connectivity index (χ2v) is 6.76. The molecule has 21 heavy (non-hydrogen) atoms. The Morgan fingerprint density at radius 1 is 1.19 bits per heavy atom. The molecule has 3 nitrogen and oxygen atoms in total. The third kappa shape index (κ3) is 2.61. The first-order chi connectivity index (χ1) is 10.0. The lowest BCUT2D eigenvalue weighted by Gasteiger charge is -2.22. The van der Waals surface area contributed by atoms with E-state index in [4.69, 9.17) is 9.47 Å². The average Bonchev–Trinajstić information content (AvgIpc) is 3.01. The van der Waals surface area contributed by atoms with Crippen molar-refractivity contribution < 1.29 is 14.3 Å². The number of ether oxygens (including phenoxy) is 2. The number of hydrogen-bond donors (Lipinski definition) is 0. The Morgan fingerprint density at radius 3 is 2.38 bits per heavy atom. The molecule has 3 rings (SSSR count). The number of halogens is 1. The lowest BCUT2D eigenvalue weighted by atomic mass is 9.98. The van der Waals surface area contributed by atoms with Crippen LogP contribution >= 0.6 is 15.9 Å². The first-order valence-corrected chi connectivity index (χ1v) is 8.22. The average molecular weight is 351 g/mol. The van der Waals surface area contributed by atoms with Gasteiger partial charge in [0, 0.05) is 5.56 Å². The van der Waals surface area contributed by atoms with Crippen LogP contribution in [0.15, 0.2) is 28.7 Å². The summed E-state index contributed by atoms with van der Waals surface area (Å²) in [5.41, 5.74) is 0.302. The predicted octanol–water partition coefficient (Wildman–Crippen LogP) is 4.45. The lowest BCUT2D eigenvalue weighted by molar-refractivity contribution is -0.128. The molecule has 0 amide bonds. The van der Waals surface area contributed by atoms with Gasteiger partial charge in [-0.05, 0) is 79.7 Å². The van der Waals surface area contributed by atoms with Gasteiger partial charge in [0.05, 0.1) is 6.10 Å². The zero-order valence-electron chi connectivity index (χ0n) is 12.3. The summed E-state index contributed by atoms with van der Waals surface area (Å²) in [6.45, 7) is 3.99. The number of ketones is 1. The standard InChI is InChI=1S/C17H19BrO3/c1-11(2)20-13-7-5-12(6-8-13)15-14(18)16(19)17(21-15)9-3-4-10-17/h5-8,11H,3-4,9-10H2,1-2H3. The number of carbonyl (C=O) groups is 1. The molecule has 0 atom stereocenters. The summed E-state index contributed by atoms with van der Waals surface area (Å²) in [5, 5.41) is 0. The van der Waals surface area contributed by atoms with Crippen molar-refractivity contribution in [3.05, 3.63) is 34.3 Å². The first kappa shape index (κ1) is 14.6. The molecule has 1 aliphatic heterocycles. The van der Waals surface area contributed by atoms with E-state index in [1.54, 1.807) is 0 Å². The molecular weight excluding hydrogens is 332 g/mol. The highest BCUT2D eigenvalue weighted by atomic mass is 79.9. The molecular formula is C17H19BrO3. The number of rotatable bonds is 3. The van der Waals surface area contributed by atoms with Crippen molar-refractivity contribution in [3.63, 3.8) is 0 Å².